The van der Waals surface area contributed by atoms with Crippen molar-refractivity contribution >= 4 is 5.91 Å². The van der Waals surface area contributed by atoms with Crippen molar-refractivity contribution in [3.63, 3.8) is 0 Å². The number of nitrogens with zero attached hydrogens (tertiary/aromatic N) is 3. The summed E-state index contributed by atoms with van der Waals surface area (Å²) in [4.78, 5) is 19.6. The van der Waals surface area contributed by atoms with Crippen LogP contribution in [0.25, 0.3) is 11.5 Å². The zero-order valence-electron chi connectivity index (χ0n) is 17.8. The molecule has 0 radical (unpaired) electrons. The maximum absolute atomic E-state index is 13.2. The second-order valence-electron chi connectivity index (χ2n) is 8.09. The number of fused-ring (bicyclic) bond motifs is 1. The molecule has 1 fully saturated rings. The average molecular weight is 415 g/mol. The highest BCUT2D eigenvalue weighted by Gasteiger charge is 2.40. The second kappa shape index (κ2) is 8.04. The molecule has 31 heavy (non-hydrogen) atoms. The molecule has 2 atom stereocenters. The van der Waals surface area contributed by atoms with Gasteiger partial charge in [0.2, 0.25) is 5.89 Å². The highest BCUT2D eigenvalue weighted by Crippen LogP contribution is 2.32. The number of aryl methyl sites for hydroxylation is 2. The SMILES string of the molecule is CCc1ccc(C2CC3C(=O)N(Cc4nc(-c5ccccc5)oc4C)C=CN3N2)cc1. The van der Waals surface area contributed by atoms with Crippen molar-refractivity contribution in [3.05, 3.63) is 89.6 Å². The van der Waals surface area contributed by atoms with Gasteiger partial charge in [-0.15, -0.1) is 0 Å². The lowest BCUT2D eigenvalue weighted by molar-refractivity contribution is -0.135. The molecule has 6 nitrogen and oxygen atoms in total. The Morgan fingerprint density at radius 1 is 1.10 bits per heavy atom. The van der Waals surface area contributed by atoms with Gasteiger partial charge in [0.1, 0.15) is 17.5 Å². The van der Waals surface area contributed by atoms with Crippen molar-refractivity contribution in [3.8, 4) is 11.5 Å². The van der Waals surface area contributed by atoms with Crippen LogP contribution < -0.4 is 5.43 Å². The predicted octanol–water partition coefficient (Wildman–Crippen LogP) is 4.35. The molecule has 3 aromatic rings. The first-order chi connectivity index (χ1) is 15.1. The van der Waals surface area contributed by atoms with Crippen LogP contribution in [-0.2, 0) is 17.8 Å². The molecule has 1 amide bonds. The Bertz CT molecular complexity index is 1100. The lowest BCUT2D eigenvalue weighted by atomic mass is 9.99. The summed E-state index contributed by atoms with van der Waals surface area (Å²) in [5.41, 5.74) is 7.70. The van der Waals surface area contributed by atoms with Crippen molar-refractivity contribution < 1.29 is 9.21 Å². The number of nitrogens with one attached hydrogen (secondary N) is 1. The van der Waals surface area contributed by atoms with Gasteiger partial charge >= 0.3 is 0 Å². The molecule has 0 aliphatic carbocycles. The number of hydrogen-bond acceptors (Lipinski definition) is 5. The number of oxazole rings is 1. The summed E-state index contributed by atoms with van der Waals surface area (Å²) in [6.45, 7) is 4.45. The van der Waals surface area contributed by atoms with Gasteiger partial charge in [-0.1, -0.05) is 49.4 Å². The van der Waals surface area contributed by atoms with Crippen LogP contribution in [0, 0.1) is 6.92 Å². The number of benzene rings is 2. The third kappa shape index (κ3) is 3.75. The lowest BCUT2D eigenvalue weighted by Gasteiger charge is -2.31. The molecule has 158 valence electrons. The van der Waals surface area contributed by atoms with Crippen LogP contribution in [0.3, 0.4) is 0 Å². The summed E-state index contributed by atoms with van der Waals surface area (Å²) < 4.78 is 5.86. The zero-order valence-corrected chi connectivity index (χ0v) is 17.8. The van der Waals surface area contributed by atoms with E-state index >= 15 is 0 Å². The van der Waals surface area contributed by atoms with Crippen LogP contribution in [0.2, 0.25) is 0 Å². The van der Waals surface area contributed by atoms with Gasteiger partial charge < -0.3 is 14.3 Å². The van der Waals surface area contributed by atoms with Gasteiger partial charge in [-0.3, -0.25) is 4.79 Å². The smallest absolute Gasteiger partial charge is 0.251 e. The Morgan fingerprint density at radius 2 is 1.87 bits per heavy atom. The van der Waals surface area contributed by atoms with Crippen LogP contribution in [0.4, 0.5) is 0 Å². The predicted molar refractivity (Wildman–Crippen MR) is 118 cm³/mol. The van der Waals surface area contributed by atoms with Crippen LogP contribution in [0.5, 0.6) is 0 Å². The quantitative estimate of drug-likeness (QED) is 0.673. The molecule has 1 aromatic heterocycles. The largest absolute Gasteiger partial charge is 0.441 e. The highest BCUT2D eigenvalue weighted by atomic mass is 16.4. The number of carbonyl (C=O) groups excluding carboxylic acids is 1. The van der Waals surface area contributed by atoms with E-state index in [4.69, 9.17) is 4.42 Å². The summed E-state index contributed by atoms with van der Waals surface area (Å²) in [6.07, 6.45) is 5.53. The first-order valence-corrected chi connectivity index (χ1v) is 10.8. The van der Waals surface area contributed by atoms with Crippen molar-refractivity contribution in [1.29, 1.82) is 0 Å². The molecular weight excluding hydrogens is 388 g/mol. The fraction of sp³-hybridized carbons (Fsp3) is 0.280. The fourth-order valence-electron chi connectivity index (χ4n) is 4.21. The maximum Gasteiger partial charge on any atom is 0.251 e. The van der Waals surface area contributed by atoms with E-state index in [0.29, 0.717) is 12.4 Å². The van der Waals surface area contributed by atoms with Crippen LogP contribution in [0.1, 0.15) is 42.0 Å². The molecule has 3 heterocycles. The molecule has 1 N–H and O–H groups in total. The summed E-state index contributed by atoms with van der Waals surface area (Å²) in [5, 5.41) is 1.93. The zero-order chi connectivity index (χ0) is 21.4. The van der Waals surface area contributed by atoms with E-state index in [0.717, 1.165) is 29.9 Å². The molecule has 1 saturated heterocycles. The summed E-state index contributed by atoms with van der Waals surface area (Å²) in [6, 6.07) is 18.4. The van der Waals surface area contributed by atoms with Gasteiger partial charge in [0, 0.05) is 18.0 Å². The Labute approximate surface area is 182 Å². The van der Waals surface area contributed by atoms with Crippen molar-refractivity contribution in [2.24, 2.45) is 0 Å². The molecular formula is C25H26N4O2. The van der Waals surface area contributed by atoms with E-state index in [2.05, 4.69) is 41.6 Å². The van der Waals surface area contributed by atoms with Crippen LogP contribution >= 0.6 is 0 Å². The standard InChI is InChI=1S/C25H26N4O2/c1-3-18-9-11-19(12-10-18)21-15-23-25(30)28(13-14-29(23)27-21)16-22-17(2)31-24(26-22)20-7-5-4-6-8-20/h4-14,21,23,27H,3,15-16H2,1-2H3. The summed E-state index contributed by atoms with van der Waals surface area (Å²) in [7, 11) is 0. The Balaban J connectivity index is 1.30. The molecule has 2 aromatic carbocycles. The number of amides is 1. The second-order valence-corrected chi connectivity index (χ2v) is 8.09. The number of rotatable bonds is 5. The molecule has 2 aliphatic rings. The minimum Gasteiger partial charge on any atom is -0.441 e. The minimum atomic E-state index is -0.221. The van der Waals surface area contributed by atoms with Crippen LogP contribution in [0.15, 0.2) is 71.4 Å². The maximum atomic E-state index is 13.2. The van der Waals surface area contributed by atoms with Gasteiger partial charge in [-0.25, -0.2) is 10.4 Å². The van der Waals surface area contributed by atoms with Crippen molar-refractivity contribution in [2.75, 3.05) is 0 Å². The van der Waals surface area contributed by atoms with E-state index in [1.165, 1.54) is 11.1 Å². The number of carbonyl (C=O) groups is 1. The Kier molecular flexibility index (Phi) is 5.08. The van der Waals surface area contributed by atoms with Gasteiger partial charge in [0.25, 0.3) is 5.91 Å². The normalized spacial score (nSPS) is 20.4. The van der Waals surface area contributed by atoms with Crippen molar-refractivity contribution in [1.82, 2.24) is 20.3 Å². The third-order valence-corrected chi connectivity index (χ3v) is 6.10. The third-order valence-electron chi connectivity index (χ3n) is 6.10. The Hall–Kier alpha value is -3.38. The summed E-state index contributed by atoms with van der Waals surface area (Å²) >= 11 is 0. The van der Waals surface area contributed by atoms with E-state index in [1.807, 2.05) is 54.7 Å². The highest BCUT2D eigenvalue weighted by molar-refractivity contribution is 5.84. The van der Waals surface area contributed by atoms with Gasteiger partial charge in [0.15, 0.2) is 0 Å². The van der Waals surface area contributed by atoms with Gasteiger partial charge in [-0.05, 0) is 43.0 Å². The van der Waals surface area contributed by atoms with Gasteiger partial charge in [0.05, 0.1) is 12.6 Å². The van der Waals surface area contributed by atoms with Crippen LogP contribution in [-0.4, -0.2) is 26.8 Å². The van der Waals surface area contributed by atoms with E-state index < -0.39 is 0 Å². The van der Waals surface area contributed by atoms with E-state index in [9.17, 15) is 4.79 Å². The number of hydrogen-bond donors (Lipinski definition) is 1. The molecule has 0 saturated carbocycles. The number of hydrazine groups is 1. The minimum absolute atomic E-state index is 0.0753. The lowest BCUT2D eigenvalue weighted by Crippen LogP contribution is -2.47. The Morgan fingerprint density at radius 3 is 2.61 bits per heavy atom. The molecule has 2 aliphatic heterocycles. The van der Waals surface area contributed by atoms with Crippen molar-refractivity contribution in [2.45, 2.75) is 45.3 Å². The first-order valence-electron chi connectivity index (χ1n) is 10.8. The molecule has 6 heteroatoms. The van der Waals surface area contributed by atoms with E-state index in [1.54, 1.807) is 4.90 Å². The van der Waals surface area contributed by atoms with Gasteiger partial charge in [-0.2, -0.15) is 0 Å². The average Bonchev–Trinajstić information content (AvgIpc) is 3.41. The summed E-state index contributed by atoms with van der Waals surface area (Å²) in [5.74, 6) is 1.40. The molecule has 0 spiro atoms. The monoisotopic (exact) mass is 414 g/mol. The fourth-order valence-corrected chi connectivity index (χ4v) is 4.21. The number of aromatic nitrogens is 1. The first kappa shape index (κ1) is 19.6. The topological polar surface area (TPSA) is 61.6 Å². The molecule has 5 rings (SSSR count). The van der Waals surface area contributed by atoms with E-state index in [-0.39, 0.29) is 18.0 Å². The molecule has 2 unspecified atom stereocenters. The molecule has 0 bridgehead atoms.